The van der Waals surface area contributed by atoms with Crippen LogP contribution in [0.3, 0.4) is 0 Å². The van der Waals surface area contributed by atoms with Crippen molar-refractivity contribution in [3.05, 3.63) is 58.1 Å². The van der Waals surface area contributed by atoms with Crippen molar-refractivity contribution in [3.8, 4) is 11.5 Å². The number of amides is 2. The molecular weight excluding hydrogens is 434 g/mol. The molecule has 29 heavy (non-hydrogen) atoms. The van der Waals surface area contributed by atoms with Crippen LogP contribution in [-0.2, 0) is 13.0 Å². The van der Waals surface area contributed by atoms with E-state index >= 15 is 0 Å². The van der Waals surface area contributed by atoms with E-state index in [1.807, 2.05) is 61.5 Å². The van der Waals surface area contributed by atoms with E-state index in [9.17, 15) is 4.79 Å². The number of ether oxygens (including phenoxy) is 2. The second-order valence-corrected chi connectivity index (χ2v) is 8.19. The first-order valence-electron chi connectivity index (χ1n) is 9.82. The number of carbonyl (C=O) groups excluding carboxylic acids is 1. The largest absolute Gasteiger partial charge is 0.486 e. The summed E-state index contributed by atoms with van der Waals surface area (Å²) in [5.41, 5.74) is 2.15. The molecule has 6 nitrogen and oxygen atoms in total. The van der Waals surface area contributed by atoms with E-state index in [0.29, 0.717) is 39.3 Å². The second kappa shape index (κ2) is 10.5. The number of urea groups is 1. The van der Waals surface area contributed by atoms with E-state index in [1.165, 1.54) is 0 Å². The van der Waals surface area contributed by atoms with Crippen molar-refractivity contribution in [3.63, 3.8) is 0 Å². The minimum atomic E-state index is -0.0586. The van der Waals surface area contributed by atoms with Gasteiger partial charge in [0.1, 0.15) is 13.2 Å². The zero-order valence-electron chi connectivity index (χ0n) is 17.0. The second-order valence-electron chi connectivity index (χ2n) is 7.27. The lowest BCUT2D eigenvalue weighted by Crippen LogP contribution is -2.43. The number of rotatable bonds is 8. The van der Waals surface area contributed by atoms with Gasteiger partial charge >= 0.3 is 6.03 Å². The molecule has 1 heterocycles. The van der Waals surface area contributed by atoms with Crippen molar-refractivity contribution in [2.75, 3.05) is 46.9 Å². The molecular formula is C22H28BrN3O3. The highest BCUT2D eigenvalue weighted by Gasteiger charge is 2.17. The number of nitrogens with one attached hydrogen (secondary N) is 1. The molecule has 1 aliphatic heterocycles. The number of halogens is 1. The van der Waals surface area contributed by atoms with Crippen molar-refractivity contribution in [1.29, 1.82) is 0 Å². The van der Waals surface area contributed by atoms with E-state index in [4.69, 9.17) is 9.47 Å². The van der Waals surface area contributed by atoms with Gasteiger partial charge < -0.3 is 24.6 Å². The van der Waals surface area contributed by atoms with Crippen molar-refractivity contribution in [1.82, 2.24) is 15.1 Å². The molecule has 0 saturated heterocycles. The van der Waals surface area contributed by atoms with Crippen molar-refractivity contribution in [2.45, 2.75) is 13.0 Å². The van der Waals surface area contributed by atoms with E-state index < -0.39 is 0 Å². The summed E-state index contributed by atoms with van der Waals surface area (Å²) in [6, 6.07) is 13.9. The zero-order chi connectivity index (χ0) is 20.6. The van der Waals surface area contributed by atoms with Crippen LogP contribution in [0.2, 0.25) is 0 Å². The van der Waals surface area contributed by atoms with Crippen molar-refractivity contribution >= 4 is 22.0 Å². The highest BCUT2D eigenvalue weighted by Crippen LogP contribution is 2.33. The van der Waals surface area contributed by atoms with Crippen LogP contribution in [-0.4, -0.2) is 62.8 Å². The summed E-state index contributed by atoms with van der Waals surface area (Å²) in [4.78, 5) is 16.8. The monoisotopic (exact) mass is 461 g/mol. The standard InChI is InChI=1S/C22H28BrN3O3/c1-25(2)12-13-26(16-17-6-8-19(23)9-7-17)22(27)24-11-10-18-4-3-5-20-21(18)29-15-14-28-20/h3-9H,10-16H2,1-2H3,(H,24,27). The third-order valence-electron chi connectivity index (χ3n) is 4.71. The van der Waals surface area contributed by atoms with Gasteiger partial charge in [0.25, 0.3) is 0 Å². The van der Waals surface area contributed by atoms with Gasteiger partial charge in [0.2, 0.25) is 0 Å². The van der Waals surface area contributed by atoms with Crippen molar-refractivity contribution < 1.29 is 14.3 Å². The summed E-state index contributed by atoms with van der Waals surface area (Å²) in [5.74, 6) is 1.58. The number of benzene rings is 2. The first kappa shape index (κ1) is 21.5. The normalized spacial score (nSPS) is 12.7. The van der Waals surface area contributed by atoms with Crippen LogP contribution in [0.5, 0.6) is 11.5 Å². The van der Waals surface area contributed by atoms with Gasteiger partial charge in [-0.25, -0.2) is 4.79 Å². The lowest BCUT2D eigenvalue weighted by atomic mass is 10.1. The van der Waals surface area contributed by atoms with Gasteiger partial charge in [0.05, 0.1) is 0 Å². The number of nitrogens with zero attached hydrogens (tertiary/aromatic N) is 2. The summed E-state index contributed by atoms with van der Waals surface area (Å²) in [6.07, 6.45) is 0.693. The molecule has 2 aromatic rings. The van der Waals surface area contributed by atoms with Gasteiger partial charge in [-0.2, -0.15) is 0 Å². The van der Waals surface area contributed by atoms with E-state index in [1.54, 1.807) is 0 Å². The van der Waals surface area contributed by atoms with Crippen LogP contribution in [0.15, 0.2) is 46.9 Å². The van der Waals surface area contributed by atoms with Crippen LogP contribution in [0.1, 0.15) is 11.1 Å². The molecule has 1 N–H and O–H groups in total. The Morgan fingerprint density at radius 3 is 2.59 bits per heavy atom. The molecule has 0 aliphatic carbocycles. The summed E-state index contributed by atoms with van der Waals surface area (Å²) in [7, 11) is 4.02. The lowest BCUT2D eigenvalue weighted by Gasteiger charge is -2.25. The molecule has 0 saturated carbocycles. The molecule has 7 heteroatoms. The molecule has 0 spiro atoms. The number of fused-ring (bicyclic) bond motifs is 1. The summed E-state index contributed by atoms with van der Waals surface area (Å²) >= 11 is 3.45. The van der Waals surface area contributed by atoms with Crippen LogP contribution >= 0.6 is 15.9 Å². The molecule has 2 amide bonds. The molecule has 0 fully saturated rings. The summed E-state index contributed by atoms with van der Waals surface area (Å²) in [6.45, 7) is 3.71. The van der Waals surface area contributed by atoms with E-state index in [-0.39, 0.29) is 6.03 Å². The molecule has 1 aliphatic rings. The highest BCUT2D eigenvalue weighted by atomic mass is 79.9. The predicted octanol–water partition coefficient (Wildman–Crippen LogP) is 3.54. The van der Waals surface area contributed by atoms with Crippen LogP contribution in [0.4, 0.5) is 4.79 Å². The van der Waals surface area contributed by atoms with E-state index in [0.717, 1.165) is 33.6 Å². The van der Waals surface area contributed by atoms with E-state index in [2.05, 4.69) is 26.1 Å². The van der Waals surface area contributed by atoms with Crippen LogP contribution < -0.4 is 14.8 Å². The number of hydrogen-bond donors (Lipinski definition) is 1. The number of hydrogen-bond acceptors (Lipinski definition) is 4. The van der Waals surface area contributed by atoms with Crippen molar-refractivity contribution in [2.24, 2.45) is 0 Å². The number of para-hydroxylation sites is 1. The Bertz CT molecular complexity index is 811. The molecule has 3 rings (SSSR count). The maximum absolute atomic E-state index is 12.8. The fraction of sp³-hybridized carbons (Fsp3) is 0.409. The van der Waals surface area contributed by atoms with Gasteiger partial charge in [0.15, 0.2) is 11.5 Å². The first-order valence-corrected chi connectivity index (χ1v) is 10.6. The molecule has 0 radical (unpaired) electrons. The molecule has 0 unspecified atom stereocenters. The van der Waals surface area contributed by atoms with Gasteiger partial charge in [-0.15, -0.1) is 0 Å². The van der Waals surface area contributed by atoms with Gasteiger partial charge in [-0.3, -0.25) is 0 Å². The molecule has 2 aromatic carbocycles. The van der Waals surface area contributed by atoms with Gasteiger partial charge in [-0.05, 0) is 49.8 Å². The third kappa shape index (κ3) is 6.37. The fourth-order valence-corrected chi connectivity index (χ4v) is 3.39. The van der Waals surface area contributed by atoms with Gasteiger partial charge in [-0.1, -0.05) is 40.2 Å². The van der Waals surface area contributed by atoms with Gasteiger partial charge in [0, 0.05) is 30.7 Å². The molecule has 0 atom stereocenters. The van der Waals surface area contributed by atoms with Crippen LogP contribution in [0, 0.1) is 0 Å². The molecule has 0 aromatic heterocycles. The Morgan fingerprint density at radius 2 is 1.83 bits per heavy atom. The lowest BCUT2D eigenvalue weighted by molar-refractivity contribution is 0.169. The Balaban J connectivity index is 1.58. The molecule has 0 bridgehead atoms. The zero-order valence-corrected chi connectivity index (χ0v) is 18.6. The average molecular weight is 462 g/mol. The Labute approximate surface area is 180 Å². The quantitative estimate of drug-likeness (QED) is 0.652. The summed E-state index contributed by atoms with van der Waals surface area (Å²) in [5, 5.41) is 3.06. The number of carbonyl (C=O) groups is 1. The highest BCUT2D eigenvalue weighted by molar-refractivity contribution is 9.10. The third-order valence-corrected chi connectivity index (χ3v) is 5.24. The number of likely N-dealkylation sites (N-methyl/N-ethyl adjacent to an activating group) is 1. The molecule has 156 valence electrons. The predicted molar refractivity (Wildman–Crippen MR) is 118 cm³/mol. The average Bonchev–Trinajstić information content (AvgIpc) is 2.72. The SMILES string of the molecule is CN(C)CCN(Cc1ccc(Br)cc1)C(=O)NCCc1cccc2c1OCCO2. The smallest absolute Gasteiger partial charge is 0.317 e. The maximum atomic E-state index is 12.8. The van der Waals surface area contributed by atoms with Crippen LogP contribution in [0.25, 0.3) is 0 Å². The Hall–Kier alpha value is -2.25. The maximum Gasteiger partial charge on any atom is 0.317 e. The Morgan fingerprint density at radius 1 is 1.07 bits per heavy atom. The summed E-state index contributed by atoms with van der Waals surface area (Å²) < 4.78 is 12.4. The topological polar surface area (TPSA) is 54.0 Å². The first-order chi connectivity index (χ1) is 14.0. The minimum absolute atomic E-state index is 0.0586. The minimum Gasteiger partial charge on any atom is -0.486 e. The fourth-order valence-electron chi connectivity index (χ4n) is 3.13. The Kier molecular flexibility index (Phi) is 7.77.